The van der Waals surface area contributed by atoms with Crippen molar-refractivity contribution in [1.29, 1.82) is 0 Å². The summed E-state index contributed by atoms with van der Waals surface area (Å²) in [6.45, 7) is 8.34. The van der Waals surface area contributed by atoms with Crippen molar-refractivity contribution in [1.82, 2.24) is 19.1 Å². The highest BCUT2D eigenvalue weighted by molar-refractivity contribution is 5.80. The second kappa shape index (κ2) is 11.5. The molecule has 0 amide bonds. The molecule has 3 rings (SSSR count). The summed E-state index contributed by atoms with van der Waals surface area (Å²) in [6, 6.07) is 5.63. The number of carbonyl (C=O) groups is 1. The first kappa shape index (κ1) is 25.1. The molecule has 2 aromatic heterocycles. The topological polar surface area (TPSA) is 68.8 Å². The van der Waals surface area contributed by atoms with Crippen molar-refractivity contribution in [3.8, 4) is 0 Å². The van der Waals surface area contributed by atoms with E-state index in [4.69, 9.17) is 4.74 Å². The molecule has 2 aromatic rings. The summed E-state index contributed by atoms with van der Waals surface area (Å²) in [7, 11) is 0. The third-order valence-electron chi connectivity index (χ3n) is 6.32. The lowest BCUT2D eigenvalue weighted by Gasteiger charge is -2.43. The Bertz CT molecular complexity index is 1070. The summed E-state index contributed by atoms with van der Waals surface area (Å²) in [5.41, 5.74) is 0.811. The molecule has 0 aromatic carbocycles. The maximum absolute atomic E-state index is 14.1. The number of rotatable bonds is 10. The molecule has 3 heterocycles. The molecule has 0 radical (unpaired) electrons. The normalized spacial score (nSPS) is 22.8. The van der Waals surface area contributed by atoms with E-state index in [1.165, 1.54) is 9.08 Å². The van der Waals surface area contributed by atoms with Crippen molar-refractivity contribution >= 4 is 11.4 Å². The van der Waals surface area contributed by atoms with Gasteiger partial charge >= 0.3 is 5.69 Å². The Balaban J connectivity index is 1.62. The minimum Gasteiger partial charge on any atom is -0.373 e. The van der Waals surface area contributed by atoms with Crippen LogP contribution in [0.4, 0.5) is 4.39 Å². The number of piperidine rings is 1. The Labute approximate surface area is 194 Å². The van der Waals surface area contributed by atoms with Gasteiger partial charge in [-0.3, -0.25) is 14.1 Å². The van der Waals surface area contributed by atoms with Gasteiger partial charge in [0.15, 0.2) is 11.4 Å². The van der Waals surface area contributed by atoms with E-state index in [1.807, 2.05) is 19.1 Å². The summed E-state index contributed by atoms with van der Waals surface area (Å²) in [5, 5.41) is 4.26. The molecule has 180 valence electrons. The molecule has 1 saturated heterocycles. The van der Waals surface area contributed by atoms with Gasteiger partial charge in [-0.1, -0.05) is 32.1 Å². The number of ketones is 1. The number of hydrogen-bond acceptors (Lipinski definition) is 5. The molecule has 1 fully saturated rings. The third-order valence-corrected chi connectivity index (χ3v) is 6.32. The highest BCUT2D eigenvalue weighted by Crippen LogP contribution is 2.28. The molecule has 33 heavy (non-hydrogen) atoms. The highest BCUT2D eigenvalue weighted by Gasteiger charge is 2.34. The smallest absolute Gasteiger partial charge is 0.350 e. The monoisotopic (exact) mass is 458 g/mol. The number of allylic oxidation sites excluding steroid dienone is 2. The van der Waals surface area contributed by atoms with E-state index in [1.54, 1.807) is 31.3 Å². The number of carbonyl (C=O) groups excluding carboxylic acids is 1. The van der Waals surface area contributed by atoms with Crippen LogP contribution in [0.1, 0.15) is 53.4 Å². The SMILES string of the molecule is C/C=C\C(COC1CC(C)N(CC(=O)Cn2nc3ccccn3c2=O)C(CC)C1)=C(\F)CC. The molecule has 7 nitrogen and oxygen atoms in total. The van der Waals surface area contributed by atoms with E-state index in [0.717, 1.165) is 19.3 Å². The Morgan fingerprint density at radius 2 is 2.06 bits per heavy atom. The van der Waals surface area contributed by atoms with Gasteiger partial charge in [0.1, 0.15) is 12.4 Å². The molecule has 0 bridgehead atoms. The molecule has 3 atom stereocenters. The average Bonchev–Trinajstić information content (AvgIpc) is 3.12. The van der Waals surface area contributed by atoms with E-state index < -0.39 is 0 Å². The van der Waals surface area contributed by atoms with Gasteiger partial charge in [0.25, 0.3) is 0 Å². The van der Waals surface area contributed by atoms with Gasteiger partial charge in [-0.2, -0.15) is 0 Å². The van der Waals surface area contributed by atoms with Crippen LogP contribution in [0, 0.1) is 0 Å². The lowest BCUT2D eigenvalue weighted by atomic mass is 9.92. The summed E-state index contributed by atoms with van der Waals surface area (Å²) in [4.78, 5) is 27.5. The molecule has 3 unspecified atom stereocenters. The number of likely N-dealkylation sites (tertiary alicyclic amines) is 1. The van der Waals surface area contributed by atoms with Crippen molar-refractivity contribution in [3.05, 3.63) is 58.4 Å². The Morgan fingerprint density at radius 1 is 1.27 bits per heavy atom. The molecule has 0 saturated carbocycles. The first-order valence-corrected chi connectivity index (χ1v) is 11.8. The lowest BCUT2D eigenvalue weighted by molar-refractivity contribution is -0.124. The molecule has 0 N–H and O–H groups in total. The minimum atomic E-state index is -0.310. The fraction of sp³-hybridized carbons (Fsp3) is 0.560. The van der Waals surface area contributed by atoms with E-state index in [-0.39, 0.29) is 55.2 Å². The Morgan fingerprint density at radius 3 is 2.73 bits per heavy atom. The molecular weight excluding hydrogens is 423 g/mol. The summed E-state index contributed by atoms with van der Waals surface area (Å²) < 4.78 is 22.9. The Hall–Kier alpha value is -2.58. The summed E-state index contributed by atoms with van der Waals surface area (Å²) in [6.07, 6.45) is 8.06. The van der Waals surface area contributed by atoms with Crippen molar-refractivity contribution < 1.29 is 13.9 Å². The van der Waals surface area contributed by atoms with Gasteiger partial charge in [0.05, 0.1) is 19.3 Å². The van der Waals surface area contributed by atoms with Crippen LogP contribution in [0.5, 0.6) is 0 Å². The predicted molar refractivity (Wildman–Crippen MR) is 127 cm³/mol. The van der Waals surface area contributed by atoms with E-state index in [9.17, 15) is 14.0 Å². The molecular formula is C25H35FN4O3. The van der Waals surface area contributed by atoms with Crippen LogP contribution in [-0.4, -0.2) is 56.2 Å². The fourth-order valence-corrected chi connectivity index (χ4v) is 4.58. The van der Waals surface area contributed by atoms with Crippen molar-refractivity contribution in [2.45, 2.75) is 78.1 Å². The molecule has 8 heteroatoms. The van der Waals surface area contributed by atoms with Crippen LogP contribution >= 0.6 is 0 Å². The standard InChI is InChI=1S/C25H35FN4O3/c1-5-10-19(23(26)7-3)17-33-22-13-18(4)29(20(6-2)14-22)15-21(31)16-30-25(32)28-12-9-8-11-24(28)27-30/h5,8-12,18,20,22H,6-7,13-17H2,1-4H3/b10-5-,23-19-. The van der Waals surface area contributed by atoms with Gasteiger partial charge in [-0.05, 0) is 51.7 Å². The average molecular weight is 459 g/mol. The van der Waals surface area contributed by atoms with Gasteiger partial charge in [-0.15, -0.1) is 5.10 Å². The van der Waals surface area contributed by atoms with Crippen LogP contribution in [0.15, 0.2) is 52.7 Å². The maximum atomic E-state index is 14.1. The number of hydrogen-bond donors (Lipinski definition) is 0. The third kappa shape index (κ3) is 6.06. The molecule has 1 aliphatic rings. The zero-order valence-electron chi connectivity index (χ0n) is 20.0. The first-order chi connectivity index (χ1) is 15.9. The number of pyridine rings is 1. The van der Waals surface area contributed by atoms with Crippen molar-refractivity contribution in [3.63, 3.8) is 0 Å². The number of fused-ring (bicyclic) bond motifs is 1. The minimum absolute atomic E-state index is 0.0160. The van der Waals surface area contributed by atoms with Crippen molar-refractivity contribution in [2.75, 3.05) is 13.2 Å². The second-order valence-corrected chi connectivity index (χ2v) is 8.68. The van der Waals surface area contributed by atoms with Crippen LogP contribution < -0.4 is 5.69 Å². The zero-order chi connectivity index (χ0) is 24.0. The molecule has 1 aliphatic heterocycles. The van der Waals surface area contributed by atoms with E-state index >= 15 is 0 Å². The number of aromatic nitrogens is 3. The zero-order valence-corrected chi connectivity index (χ0v) is 20.0. The van der Waals surface area contributed by atoms with E-state index in [2.05, 4.69) is 23.8 Å². The largest absolute Gasteiger partial charge is 0.373 e. The van der Waals surface area contributed by atoms with Crippen LogP contribution in [0.3, 0.4) is 0 Å². The summed E-state index contributed by atoms with van der Waals surface area (Å²) >= 11 is 0. The van der Waals surface area contributed by atoms with Crippen molar-refractivity contribution in [2.24, 2.45) is 0 Å². The van der Waals surface area contributed by atoms with Crippen LogP contribution in [0.2, 0.25) is 0 Å². The fourth-order valence-electron chi connectivity index (χ4n) is 4.58. The van der Waals surface area contributed by atoms with Gasteiger partial charge < -0.3 is 4.74 Å². The van der Waals surface area contributed by atoms with Gasteiger partial charge in [0, 0.05) is 23.9 Å². The number of halogens is 1. The Kier molecular flexibility index (Phi) is 8.74. The number of nitrogens with zero attached hydrogens (tertiary/aromatic N) is 4. The van der Waals surface area contributed by atoms with Crippen LogP contribution in [0.25, 0.3) is 5.65 Å². The lowest BCUT2D eigenvalue weighted by Crippen LogP contribution is -2.52. The predicted octanol–water partition coefficient (Wildman–Crippen LogP) is 3.92. The number of Topliss-reactive ketones (excluding diaryl/α,β-unsaturated/α-hetero) is 1. The van der Waals surface area contributed by atoms with Gasteiger partial charge in [-0.25, -0.2) is 13.9 Å². The first-order valence-electron chi connectivity index (χ1n) is 11.8. The quantitative estimate of drug-likeness (QED) is 0.505. The second-order valence-electron chi connectivity index (χ2n) is 8.68. The molecule has 0 aliphatic carbocycles. The highest BCUT2D eigenvalue weighted by atomic mass is 19.1. The maximum Gasteiger partial charge on any atom is 0.350 e. The van der Waals surface area contributed by atoms with Gasteiger partial charge in [0.2, 0.25) is 0 Å². The molecule has 0 spiro atoms. The van der Waals surface area contributed by atoms with Crippen LogP contribution in [-0.2, 0) is 16.1 Å². The summed E-state index contributed by atoms with van der Waals surface area (Å²) in [5.74, 6) is -0.188. The van der Waals surface area contributed by atoms with E-state index in [0.29, 0.717) is 17.6 Å². The number of ether oxygens (including phenoxy) is 1.